The zero-order chi connectivity index (χ0) is 12.8. The molecule has 0 spiro atoms. The van der Waals surface area contributed by atoms with Crippen molar-refractivity contribution in [2.75, 3.05) is 6.67 Å². The van der Waals surface area contributed by atoms with Gasteiger partial charge in [-0.15, -0.1) is 0 Å². The first kappa shape index (κ1) is 11.2. The number of nitrogens with one attached hydrogen (secondary N) is 2. The number of aryl methyl sites for hydroxylation is 1. The van der Waals surface area contributed by atoms with Crippen LogP contribution in [0, 0.1) is 6.92 Å². The van der Waals surface area contributed by atoms with E-state index in [2.05, 4.69) is 15.6 Å². The quantitative estimate of drug-likeness (QED) is 0.797. The maximum atomic E-state index is 11.5. The molecule has 1 fully saturated rings. The summed E-state index contributed by atoms with van der Waals surface area (Å²) in [7, 11) is 0. The van der Waals surface area contributed by atoms with Gasteiger partial charge in [-0.1, -0.05) is 0 Å². The molecule has 1 aliphatic heterocycles. The summed E-state index contributed by atoms with van der Waals surface area (Å²) in [4.78, 5) is 15.9. The third-order valence-corrected chi connectivity index (χ3v) is 3.33. The molecule has 1 amide bonds. The first-order valence-electron chi connectivity index (χ1n) is 5.96. The van der Waals surface area contributed by atoms with Crippen LogP contribution in [-0.4, -0.2) is 17.6 Å². The second-order valence-electron chi connectivity index (χ2n) is 4.91. The van der Waals surface area contributed by atoms with Gasteiger partial charge in [0.1, 0.15) is 11.3 Å². The lowest BCUT2D eigenvalue weighted by Crippen LogP contribution is -2.53. The molecule has 2 N–H and O–H groups in total. The molecule has 0 saturated carbocycles. The Bertz CT molecular complexity index is 620. The summed E-state index contributed by atoms with van der Waals surface area (Å²) in [6, 6.07) is 5.74. The molecular formula is C13H15N3O2. The maximum Gasteiger partial charge on any atom is 0.223 e. The fourth-order valence-electron chi connectivity index (χ4n) is 2.26. The number of fused-ring (bicyclic) bond motifs is 1. The lowest BCUT2D eigenvalue weighted by molar-refractivity contribution is -0.124. The van der Waals surface area contributed by atoms with Crippen LogP contribution in [0.15, 0.2) is 22.6 Å². The molecule has 2 aromatic heterocycles. The minimum atomic E-state index is -0.461. The number of carbonyl (C=O) groups is 1. The van der Waals surface area contributed by atoms with E-state index in [1.807, 2.05) is 32.0 Å². The Labute approximate surface area is 105 Å². The Morgan fingerprint density at radius 2 is 2.28 bits per heavy atom. The van der Waals surface area contributed by atoms with Crippen molar-refractivity contribution in [1.29, 1.82) is 0 Å². The standard InChI is InChI=1S/C13H15N3O2/c1-8-3-4-10-9(16-8)5-11(18-10)13(2)6-12(17)14-7-15-13/h3-5,15H,6-7H2,1-2H3,(H,14,17). The third-order valence-electron chi connectivity index (χ3n) is 3.33. The van der Waals surface area contributed by atoms with E-state index in [-0.39, 0.29) is 5.91 Å². The van der Waals surface area contributed by atoms with E-state index in [1.165, 1.54) is 0 Å². The van der Waals surface area contributed by atoms with Gasteiger partial charge in [-0.2, -0.15) is 0 Å². The Morgan fingerprint density at radius 1 is 1.44 bits per heavy atom. The van der Waals surface area contributed by atoms with Gasteiger partial charge in [0.15, 0.2) is 5.58 Å². The summed E-state index contributed by atoms with van der Waals surface area (Å²) in [5.74, 6) is 0.784. The molecule has 5 nitrogen and oxygen atoms in total. The van der Waals surface area contributed by atoms with Gasteiger partial charge < -0.3 is 9.73 Å². The molecule has 0 radical (unpaired) electrons. The molecule has 18 heavy (non-hydrogen) atoms. The normalized spacial score (nSPS) is 24.2. The van der Waals surface area contributed by atoms with Crippen LogP contribution in [-0.2, 0) is 10.3 Å². The SMILES string of the molecule is Cc1ccc2oc(C3(C)CC(=O)NCN3)cc2n1. The van der Waals surface area contributed by atoms with Crippen molar-refractivity contribution in [3.05, 3.63) is 29.7 Å². The number of furan rings is 1. The molecule has 0 bridgehead atoms. The van der Waals surface area contributed by atoms with Gasteiger partial charge in [-0.05, 0) is 26.0 Å². The Morgan fingerprint density at radius 3 is 3.06 bits per heavy atom. The van der Waals surface area contributed by atoms with E-state index in [4.69, 9.17) is 4.42 Å². The number of hydrogen-bond donors (Lipinski definition) is 2. The van der Waals surface area contributed by atoms with Crippen molar-refractivity contribution in [2.24, 2.45) is 0 Å². The monoisotopic (exact) mass is 245 g/mol. The van der Waals surface area contributed by atoms with Crippen molar-refractivity contribution < 1.29 is 9.21 Å². The summed E-state index contributed by atoms with van der Waals surface area (Å²) in [6.07, 6.45) is 0.367. The largest absolute Gasteiger partial charge is 0.457 e. The van der Waals surface area contributed by atoms with Crippen LogP contribution >= 0.6 is 0 Å². The van der Waals surface area contributed by atoms with E-state index in [0.717, 1.165) is 22.6 Å². The average molecular weight is 245 g/mol. The number of amides is 1. The molecule has 5 heteroatoms. The van der Waals surface area contributed by atoms with Crippen molar-refractivity contribution in [2.45, 2.75) is 25.8 Å². The van der Waals surface area contributed by atoms with Crippen LogP contribution in [0.1, 0.15) is 24.8 Å². The van der Waals surface area contributed by atoms with Crippen LogP contribution in [0.25, 0.3) is 11.1 Å². The van der Waals surface area contributed by atoms with E-state index >= 15 is 0 Å². The molecular weight excluding hydrogens is 230 g/mol. The first-order chi connectivity index (χ1) is 8.57. The number of hydrogen-bond acceptors (Lipinski definition) is 4. The summed E-state index contributed by atoms with van der Waals surface area (Å²) >= 11 is 0. The fourth-order valence-corrected chi connectivity index (χ4v) is 2.26. The van der Waals surface area contributed by atoms with Crippen LogP contribution in [0.5, 0.6) is 0 Å². The van der Waals surface area contributed by atoms with Crippen molar-refractivity contribution in [3.8, 4) is 0 Å². The van der Waals surface area contributed by atoms with E-state index in [1.54, 1.807) is 0 Å². The van der Waals surface area contributed by atoms with Gasteiger partial charge in [0.25, 0.3) is 0 Å². The summed E-state index contributed by atoms with van der Waals surface area (Å²) < 4.78 is 5.81. The van der Waals surface area contributed by atoms with Crippen LogP contribution in [0.4, 0.5) is 0 Å². The van der Waals surface area contributed by atoms with Crippen LogP contribution in [0.2, 0.25) is 0 Å². The lowest BCUT2D eigenvalue weighted by atomic mass is 9.93. The van der Waals surface area contributed by atoms with Crippen LogP contribution < -0.4 is 10.6 Å². The molecule has 0 aromatic carbocycles. The number of rotatable bonds is 1. The highest BCUT2D eigenvalue weighted by molar-refractivity contribution is 5.79. The molecule has 0 aliphatic carbocycles. The average Bonchev–Trinajstić information content (AvgIpc) is 2.72. The second-order valence-corrected chi connectivity index (χ2v) is 4.91. The minimum absolute atomic E-state index is 0.0286. The Balaban J connectivity index is 2.05. The van der Waals surface area contributed by atoms with Gasteiger partial charge >= 0.3 is 0 Å². The minimum Gasteiger partial charge on any atom is -0.457 e. The molecule has 1 atom stereocenters. The van der Waals surface area contributed by atoms with E-state index < -0.39 is 5.54 Å². The second kappa shape index (κ2) is 3.81. The van der Waals surface area contributed by atoms with Gasteiger partial charge in [-0.3, -0.25) is 10.1 Å². The lowest BCUT2D eigenvalue weighted by Gasteiger charge is -2.32. The number of pyridine rings is 1. The molecule has 2 aromatic rings. The summed E-state index contributed by atoms with van der Waals surface area (Å²) in [5.41, 5.74) is 2.08. The molecule has 1 unspecified atom stereocenters. The van der Waals surface area contributed by atoms with Gasteiger partial charge in [0, 0.05) is 11.8 Å². The van der Waals surface area contributed by atoms with Gasteiger partial charge in [-0.25, -0.2) is 4.98 Å². The van der Waals surface area contributed by atoms with Crippen LogP contribution in [0.3, 0.4) is 0 Å². The number of aromatic nitrogens is 1. The van der Waals surface area contributed by atoms with Crippen molar-refractivity contribution in [3.63, 3.8) is 0 Å². The topological polar surface area (TPSA) is 67.2 Å². The maximum absolute atomic E-state index is 11.5. The fraction of sp³-hybridized carbons (Fsp3) is 0.385. The Hall–Kier alpha value is -1.88. The van der Waals surface area contributed by atoms with Gasteiger partial charge in [0.2, 0.25) is 5.91 Å². The zero-order valence-electron chi connectivity index (χ0n) is 10.4. The molecule has 3 rings (SSSR count). The van der Waals surface area contributed by atoms with Gasteiger partial charge in [0.05, 0.1) is 18.6 Å². The van der Waals surface area contributed by atoms with E-state index in [9.17, 15) is 4.79 Å². The smallest absolute Gasteiger partial charge is 0.223 e. The summed E-state index contributed by atoms with van der Waals surface area (Å²) in [6.45, 7) is 4.37. The predicted octanol–water partition coefficient (Wildman–Crippen LogP) is 1.42. The number of carbonyl (C=O) groups excluding carboxylic acids is 1. The van der Waals surface area contributed by atoms with E-state index in [0.29, 0.717) is 13.1 Å². The first-order valence-corrected chi connectivity index (χ1v) is 5.96. The summed E-state index contributed by atoms with van der Waals surface area (Å²) in [5, 5.41) is 6.01. The third kappa shape index (κ3) is 1.76. The van der Waals surface area contributed by atoms with Crippen molar-refractivity contribution >= 4 is 17.0 Å². The molecule has 3 heterocycles. The number of nitrogens with zero attached hydrogens (tertiary/aromatic N) is 1. The molecule has 94 valence electrons. The van der Waals surface area contributed by atoms with Crippen molar-refractivity contribution in [1.82, 2.24) is 15.6 Å². The highest BCUT2D eigenvalue weighted by atomic mass is 16.3. The Kier molecular flexibility index (Phi) is 2.38. The molecule has 1 saturated heterocycles. The highest BCUT2D eigenvalue weighted by Crippen LogP contribution is 2.30. The predicted molar refractivity (Wildman–Crippen MR) is 66.9 cm³/mol. The molecule has 1 aliphatic rings. The highest BCUT2D eigenvalue weighted by Gasteiger charge is 2.35. The zero-order valence-corrected chi connectivity index (χ0v) is 10.4.